The summed E-state index contributed by atoms with van der Waals surface area (Å²) in [5, 5.41) is -0.910. The lowest BCUT2D eigenvalue weighted by atomic mass is 10.0. The Bertz CT molecular complexity index is 583. The van der Waals surface area contributed by atoms with E-state index in [4.69, 9.17) is 11.6 Å². The SMILES string of the molecule is Fc1c(C(Cl)Cc2ccccn2)cccc1C(F)(F)F. The van der Waals surface area contributed by atoms with E-state index in [9.17, 15) is 17.6 Å². The fourth-order valence-corrected chi connectivity index (χ4v) is 2.15. The molecule has 2 aromatic rings. The van der Waals surface area contributed by atoms with E-state index in [2.05, 4.69) is 4.98 Å². The number of aromatic nitrogens is 1. The van der Waals surface area contributed by atoms with Crippen LogP contribution in [0.5, 0.6) is 0 Å². The summed E-state index contributed by atoms with van der Waals surface area (Å²) in [6.45, 7) is 0. The third-order valence-corrected chi connectivity index (χ3v) is 3.18. The first-order valence-corrected chi connectivity index (χ1v) is 6.23. The summed E-state index contributed by atoms with van der Waals surface area (Å²) in [5.74, 6) is -1.32. The maximum atomic E-state index is 13.9. The van der Waals surface area contributed by atoms with Gasteiger partial charge in [-0.1, -0.05) is 18.2 Å². The minimum Gasteiger partial charge on any atom is -0.261 e. The van der Waals surface area contributed by atoms with Gasteiger partial charge >= 0.3 is 6.18 Å². The Hall–Kier alpha value is -1.62. The first-order valence-electron chi connectivity index (χ1n) is 5.79. The van der Waals surface area contributed by atoms with E-state index in [0.717, 1.165) is 6.07 Å². The van der Waals surface area contributed by atoms with Crippen molar-refractivity contribution in [2.24, 2.45) is 0 Å². The average Bonchev–Trinajstić information content (AvgIpc) is 2.38. The highest BCUT2D eigenvalue weighted by Crippen LogP contribution is 2.36. The molecule has 0 aliphatic carbocycles. The summed E-state index contributed by atoms with van der Waals surface area (Å²) in [4.78, 5) is 4.02. The van der Waals surface area contributed by atoms with E-state index >= 15 is 0 Å². The zero-order valence-corrected chi connectivity index (χ0v) is 10.9. The number of hydrogen-bond donors (Lipinski definition) is 0. The van der Waals surface area contributed by atoms with Gasteiger partial charge in [0.25, 0.3) is 0 Å². The molecule has 106 valence electrons. The molecule has 1 heterocycles. The predicted octanol–water partition coefficient (Wildman–Crippen LogP) is 4.76. The van der Waals surface area contributed by atoms with Gasteiger partial charge in [0.05, 0.1) is 10.9 Å². The van der Waals surface area contributed by atoms with Gasteiger partial charge in [0.2, 0.25) is 0 Å². The van der Waals surface area contributed by atoms with Crippen LogP contribution in [0.3, 0.4) is 0 Å². The predicted molar refractivity (Wildman–Crippen MR) is 67.9 cm³/mol. The van der Waals surface area contributed by atoms with Gasteiger partial charge in [0.15, 0.2) is 0 Å². The summed E-state index contributed by atoms with van der Waals surface area (Å²) in [6, 6.07) is 8.22. The third kappa shape index (κ3) is 3.28. The Balaban J connectivity index is 2.29. The molecule has 1 aromatic heterocycles. The van der Waals surface area contributed by atoms with Crippen LogP contribution in [0.1, 0.15) is 22.2 Å². The minimum absolute atomic E-state index is 0.153. The molecule has 0 fully saturated rings. The molecule has 0 aliphatic rings. The maximum absolute atomic E-state index is 13.9. The van der Waals surface area contributed by atoms with Crippen molar-refractivity contribution >= 4 is 11.6 Å². The summed E-state index contributed by atoms with van der Waals surface area (Å²) >= 11 is 6.02. The van der Waals surface area contributed by atoms with Crippen LogP contribution < -0.4 is 0 Å². The molecule has 0 saturated heterocycles. The van der Waals surface area contributed by atoms with Crippen molar-refractivity contribution in [1.82, 2.24) is 4.98 Å². The van der Waals surface area contributed by atoms with Crippen LogP contribution in [0.4, 0.5) is 17.6 Å². The van der Waals surface area contributed by atoms with Gasteiger partial charge in [-0.15, -0.1) is 11.6 Å². The van der Waals surface area contributed by atoms with E-state index in [1.165, 1.54) is 6.07 Å². The number of rotatable bonds is 3. The van der Waals surface area contributed by atoms with Gasteiger partial charge in [-0.2, -0.15) is 13.2 Å². The molecule has 0 bridgehead atoms. The van der Waals surface area contributed by atoms with Gasteiger partial charge in [0.1, 0.15) is 5.82 Å². The summed E-state index contributed by atoms with van der Waals surface area (Å²) < 4.78 is 51.8. The Labute approximate surface area is 118 Å². The standard InChI is InChI=1S/C14H10ClF4N/c15-12(8-9-4-1-2-7-20-9)10-5-3-6-11(13(10)16)14(17,18)19/h1-7,12H,8H2. The van der Waals surface area contributed by atoms with Gasteiger partial charge in [-0.3, -0.25) is 4.98 Å². The molecule has 1 atom stereocenters. The summed E-state index contributed by atoms with van der Waals surface area (Å²) in [7, 11) is 0. The molecule has 0 aliphatic heterocycles. The number of nitrogens with zero attached hydrogens (tertiary/aromatic N) is 1. The van der Waals surface area contributed by atoms with Crippen LogP contribution in [0, 0.1) is 5.82 Å². The summed E-state index contributed by atoms with van der Waals surface area (Å²) in [6.07, 6.45) is -3.04. The highest BCUT2D eigenvalue weighted by Gasteiger charge is 2.35. The van der Waals surface area contributed by atoms with Crippen molar-refractivity contribution in [2.75, 3.05) is 0 Å². The van der Waals surface area contributed by atoms with Crippen LogP contribution in [0.15, 0.2) is 42.6 Å². The molecule has 6 heteroatoms. The van der Waals surface area contributed by atoms with E-state index in [1.54, 1.807) is 24.4 Å². The zero-order valence-electron chi connectivity index (χ0n) is 10.2. The quantitative estimate of drug-likeness (QED) is 0.588. The fourth-order valence-electron chi connectivity index (χ4n) is 1.82. The molecular weight excluding hydrogens is 294 g/mol. The third-order valence-electron chi connectivity index (χ3n) is 2.79. The average molecular weight is 304 g/mol. The van der Waals surface area contributed by atoms with Crippen LogP contribution in [0.25, 0.3) is 0 Å². The molecular formula is C14H10ClF4N. The Morgan fingerprint density at radius 2 is 1.85 bits per heavy atom. The molecule has 20 heavy (non-hydrogen) atoms. The fraction of sp³-hybridized carbons (Fsp3) is 0.214. The molecule has 1 unspecified atom stereocenters. The highest BCUT2D eigenvalue weighted by molar-refractivity contribution is 6.20. The van der Waals surface area contributed by atoms with E-state index < -0.39 is 22.9 Å². The lowest BCUT2D eigenvalue weighted by Gasteiger charge is -2.14. The second-order valence-corrected chi connectivity index (χ2v) is 4.73. The number of halogens is 5. The highest BCUT2D eigenvalue weighted by atomic mass is 35.5. The molecule has 2 rings (SSSR count). The molecule has 0 amide bonds. The molecule has 0 spiro atoms. The second kappa shape index (κ2) is 5.79. The lowest BCUT2D eigenvalue weighted by Crippen LogP contribution is -2.11. The van der Waals surface area contributed by atoms with E-state index in [-0.39, 0.29) is 12.0 Å². The number of hydrogen-bond acceptors (Lipinski definition) is 1. The van der Waals surface area contributed by atoms with Crippen molar-refractivity contribution in [1.29, 1.82) is 0 Å². The first kappa shape index (κ1) is 14.8. The van der Waals surface area contributed by atoms with Crippen LogP contribution in [-0.2, 0) is 12.6 Å². The maximum Gasteiger partial charge on any atom is 0.419 e. The largest absolute Gasteiger partial charge is 0.419 e. The number of alkyl halides is 4. The monoisotopic (exact) mass is 303 g/mol. The molecule has 0 saturated carbocycles. The Morgan fingerprint density at radius 3 is 2.45 bits per heavy atom. The molecule has 1 aromatic carbocycles. The van der Waals surface area contributed by atoms with E-state index in [1.807, 2.05) is 0 Å². The van der Waals surface area contributed by atoms with E-state index in [0.29, 0.717) is 11.8 Å². The van der Waals surface area contributed by atoms with Gasteiger partial charge in [0, 0.05) is 23.9 Å². The Kier molecular flexibility index (Phi) is 4.28. The summed E-state index contributed by atoms with van der Waals surface area (Å²) in [5.41, 5.74) is -0.891. The zero-order chi connectivity index (χ0) is 14.8. The normalized spacial score (nSPS) is 13.2. The topological polar surface area (TPSA) is 12.9 Å². The molecule has 0 radical (unpaired) electrons. The van der Waals surface area contributed by atoms with Crippen molar-refractivity contribution in [2.45, 2.75) is 18.0 Å². The van der Waals surface area contributed by atoms with Crippen molar-refractivity contribution in [3.63, 3.8) is 0 Å². The van der Waals surface area contributed by atoms with Gasteiger partial charge < -0.3 is 0 Å². The molecule has 1 nitrogen and oxygen atoms in total. The first-order chi connectivity index (χ1) is 9.39. The van der Waals surface area contributed by atoms with Crippen molar-refractivity contribution in [3.05, 3.63) is 65.2 Å². The van der Waals surface area contributed by atoms with Crippen LogP contribution in [0.2, 0.25) is 0 Å². The number of benzene rings is 1. The minimum atomic E-state index is -4.73. The van der Waals surface area contributed by atoms with Gasteiger partial charge in [-0.25, -0.2) is 4.39 Å². The van der Waals surface area contributed by atoms with Crippen molar-refractivity contribution < 1.29 is 17.6 Å². The number of pyridine rings is 1. The smallest absolute Gasteiger partial charge is 0.261 e. The Morgan fingerprint density at radius 1 is 1.10 bits per heavy atom. The lowest BCUT2D eigenvalue weighted by molar-refractivity contribution is -0.140. The molecule has 0 N–H and O–H groups in total. The van der Waals surface area contributed by atoms with Crippen LogP contribution >= 0.6 is 11.6 Å². The van der Waals surface area contributed by atoms with Crippen LogP contribution in [-0.4, -0.2) is 4.98 Å². The van der Waals surface area contributed by atoms with Gasteiger partial charge in [-0.05, 0) is 18.2 Å². The van der Waals surface area contributed by atoms with Crippen molar-refractivity contribution in [3.8, 4) is 0 Å². The second-order valence-electron chi connectivity index (χ2n) is 4.20.